The Hall–Kier alpha value is -3.43. The van der Waals surface area contributed by atoms with E-state index in [1.54, 1.807) is 7.11 Å². The molecule has 4 heterocycles. The monoisotopic (exact) mass is 532 g/mol. The predicted octanol–water partition coefficient (Wildman–Crippen LogP) is 3.15. The molecule has 2 unspecified atom stereocenters. The van der Waals surface area contributed by atoms with Gasteiger partial charge in [-0.1, -0.05) is 13.8 Å². The van der Waals surface area contributed by atoms with Gasteiger partial charge in [-0.2, -0.15) is 0 Å². The summed E-state index contributed by atoms with van der Waals surface area (Å²) < 4.78 is 5.47. The standard InChI is InChI=1S/C30H40N6O3/c1-20(2)14-25(31)30(38)35-12-10-34(11-13-35)29-7-4-22(17-32-29)26-16-28(36-9-8-21(18-36)19-37)24-6-5-23(39-3)15-27(24)33-26/h4-7,15-17,20-21,25,37H,8-14,18-19,31H2,1-3H3. The highest BCUT2D eigenvalue weighted by Gasteiger charge is 2.27. The van der Waals surface area contributed by atoms with E-state index in [1.165, 1.54) is 0 Å². The van der Waals surface area contributed by atoms with Crippen LogP contribution in [0.3, 0.4) is 0 Å². The van der Waals surface area contributed by atoms with Crippen LogP contribution in [0.1, 0.15) is 26.7 Å². The van der Waals surface area contributed by atoms with Gasteiger partial charge in [-0.25, -0.2) is 9.97 Å². The molecule has 2 aromatic heterocycles. The van der Waals surface area contributed by atoms with E-state index in [0.29, 0.717) is 25.4 Å². The quantitative estimate of drug-likeness (QED) is 0.456. The van der Waals surface area contributed by atoms with Crippen LogP contribution in [0.25, 0.3) is 22.2 Å². The molecular formula is C30H40N6O3. The second kappa shape index (κ2) is 11.8. The van der Waals surface area contributed by atoms with Crippen molar-refractivity contribution in [2.45, 2.75) is 32.7 Å². The zero-order valence-electron chi connectivity index (χ0n) is 23.2. The lowest BCUT2D eigenvalue weighted by atomic mass is 10.0. The number of ether oxygens (including phenoxy) is 1. The number of nitrogens with zero attached hydrogens (tertiary/aromatic N) is 5. The van der Waals surface area contributed by atoms with Crippen LogP contribution < -0.4 is 20.3 Å². The third-order valence-electron chi connectivity index (χ3n) is 7.88. The highest BCUT2D eigenvalue weighted by atomic mass is 16.5. The molecule has 3 aromatic rings. The average Bonchev–Trinajstić information content (AvgIpc) is 3.45. The number of carbonyl (C=O) groups is 1. The molecule has 5 rings (SSSR count). The number of hydrogen-bond donors (Lipinski definition) is 2. The van der Waals surface area contributed by atoms with Crippen LogP contribution in [0, 0.1) is 11.8 Å². The zero-order valence-corrected chi connectivity index (χ0v) is 23.2. The van der Waals surface area contributed by atoms with E-state index in [0.717, 1.165) is 72.0 Å². The molecule has 0 saturated carbocycles. The molecule has 2 aliphatic rings. The fraction of sp³-hybridized carbons (Fsp3) is 0.500. The predicted molar refractivity (Wildman–Crippen MR) is 155 cm³/mol. The van der Waals surface area contributed by atoms with E-state index >= 15 is 0 Å². The number of piperazine rings is 1. The maximum atomic E-state index is 12.7. The number of amides is 1. The number of anilines is 2. The lowest BCUT2D eigenvalue weighted by molar-refractivity contribution is -0.133. The van der Waals surface area contributed by atoms with Crippen molar-refractivity contribution in [3.8, 4) is 17.0 Å². The molecule has 2 fully saturated rings. The fourth-order valence-corrected chi connectivity index (χ4v) is 5.65. The first-order chi connectivity index (χ1) is 18.9. The van der Waals surface area contributed by atoms with E-state index in [1.807, 2.05) is 29.3 Å². The number of hydrogen-bond acceptors (Lipinski definition) is 8. The summed E-state index contributed by atoms with van der Waals surface area (Å²) in [7, 11) is 1.66. The van der Waals surface area contributed by atoms with Crippen molar-refractivity contribution in [1.82, 2.24) is 14.9 Å². The van der Waals surface area contributed by atoms with Crippen molar-refractivity contribution in [2.75, 3.05) is 62.8 Å². The Labute approximate surface area is 230 Å². The SMILES string of the molecule is COc1ccc2c(N3CCC(CO)C3)cc(-c3ccc(N4CCN(C(=O)C(N)CC(C)C)CC4)nc3)nc2c1. The highest BCUT2D eigenvalue weighted by molar-refractivity contribution is 5.95. The van der Waals surface area contributed by atoms with Gasteiger partial charge in [0.05, 0.1) is 24.4 Å². The van der Waals surface area contributed by atoms with E-state index in [2.05, 4.69) is 41.8 Å². The van der Waals surface area contributed by atoms with Gasteiger partial charge in [0.2, 0.25) is 5.91 Å². The molecule has 0 aliphatic carbocycles. The number of fused-ring (bicyclic) bond motifs is 1. The molecule has 0 bridgehead atoms. The Morgan fingerprint density at radius 1 is 1.10 bits per heavy atom. The van der Waals surface area contributed by atoms with Crippen molar-refractivity contribution in [2.24, 2.45) is 17.6 Å². The molecule has 0 radical (unpaired) electrons. The molecule has 39 heavy (non-hydrogen) atoms. The first-order valence-electron chi connectivity index (χ1n) is 14.0. The molecule has 1 amide bonds. The number of pyridine rings is 2. The molecule has 2 aliphatic heterocycles. The Kier molecular flexibility index (Phi) is 8.18. The third kappa shape index (κ3) is 5.94. The molecule has 2 atom stereocenters. The molecule has 2 saturated heterocycles. The van der Waals surface area contributed by atoms with Crippen LogP contribution in [-0.2, 0) is 4.79 Å². The number of rotatable bonds is 8. The second-order valence-electron chi connectivity index (χ2n) is 11.1. The molecule has 9 nitrogen and oxygen atoms in total. The van der Waals surface area contributed by atoms with E-state index < -0.39 is 6.04 Å². The maximum absolute atomic E-state index is 12.7. The van der Waals surface area contributed by atoms with Crippen molar-refractivity contribution in [1.29, 1.82) is 0 Å². The van der Waals surface area contributed by atoms with Crippen LogP contribution in [0.15, 0.2) is 42.6 Å². The van der Waals surface area contributed by atoms with Gasteiger partial charge < -0.3 is 30.3 Å². The summed E-state index contributed by atoms with van der Waals surface area (Å²) in [5.41, 5.74) is 9.92. The van der Waals surface area contributed by atoms with E-state index in [9.17, 15) is 9.90 Å². The van der Waals surface area contributed by atoms with Crippen LogP contribution in [0.2, 0.25) is 0 Å². The normalized spacial score (nSPS) is 18.7. The molecule has 3 N–H and O–H groups in total. The zero-order chi connectivity index (χ0) is 27.5. The Morgan fingerprint density at radius 2 is 1.90 bits per heavy atom. The topological polar surface area (TPSA) is 108 Å². The van der Waals surface area contributed by atoms with Gasteiger partial charge >= 0.3 is 0 Å². The Bertz CT molecular complexity index is 1290. The Morgan fingerprint density at radius 3 is 2.54 bits per heavy atom. The number of carbonyl (C=O) groups excluding carboxylic acids is 1. The second-order valence-corrected chi connectivity index (χ2v) is 11.1. The first-order valence-corrected chi connectivity index (χ1v) is 14.0. The number of methoxy groups -OCH3 is 1. The van der Waals surface area contributed by atoms with E-state index in [-0.39, 0.29) is 18.4 Å². The lowest BCUT2D eigenvalue weighted by Crippen LogP contribution is -2.53. The van der Waals surface area contributed by atoms with Gasteiger partial charge in [0.15, 0.2) is 0 Å². The van der Waals surface area contributed by atoms with Crippen LogP contribution >= 0.6 is 0 Å². The minimum Gasteiger partial charge on any atom is -0.497 e. The molecular weight excluding hydrogens is 492 g/mol. The summed E-state index contributed by atoms with van der Waals surface area (Å²) >= 11 is 0. The smallest absolute Gasteiger partial charge is 0.239 e. The third-order valence-corrected chi connectivity index (χ3v) is 7.88. The first kappa shape index (κ1) is 27.1. The number of benzene rings is 1. The van der Waals surface area contributed by atoms with Gasteiger partial charge in [-0.3, -0.25) is 4.79 Å². The average molecular weight is 533 g/mol. The number of aliphatic hydroxyl groups is 1. The van der Waals surface area contributed by atoms with Gasteiger partial charge in [0.25, 0.3) is 0 Å². The van der Waals surface area contributed by atoms with Crippen molar-refractivity contribution >= 4 is 28.3 Å². The lowest BCUT2D eigenvalue weighted by Gasteiger charge is -2.36. The van der Waals surface area contributed by atoms with Crippen LogP contribution in [0.4, 0.5) is 11.5 Å². The summed E-state index contributed by atoms with van der Waals surface area (Å²) in [6.07, 6.45) is 3.56. The fourth-order valence-electron chi connectivity index (χ4n) is 5.65. The van der Waals surface area contributed by atoms with Crippen molar-refractivity contribution in [3.05, 3.63) is 42.6 Å². The van der Waals surface area contributed by atoms with Crippen LogP contribution in [0.5, 0.6) is 5.75 Å². The summed E-state index contributed by atoms with van der Waals surface area (Å²) in [4.78, 5) is 28.9. The minimum atomic E-state index is -0.427. The number of aromatic nitrogens is 2. The van der Waals surface area contributed by atoms with Gasteiger partial charge in [0, 0.05) is 80.7 Å². The highest BCUT2D eigenvalue weighted by Crippen LogP contribution is 2.35. The molecule has 0 spiro atoms. The molecule has 9 heteroatoms. The Balaban J connectivity index is 1.34. The number of aliphatic hydroxyl groups excluding tert-OH is 1. The van der Waals surface area contributed by atoms with Gasteiger partial charge in [-0.15, -0.1) is 0 Å². The van der Waals surface area contributed by atoms with Crippen molar-refractivity contribution < 1.29 is 14.6 Å². The largest absolute Gasteiger partial charge is 0.497 e. The van der Waals surface area contributed by atoms with Crippen molar-refractivity contribution in [3.63, 3.8) is 0 Å². The van der Waals surface area contributed by atoms with Gasteiger partial charge in [-0.05, 0) is 49.1 Å². The van der Waals surface area contributed by atoms with Gasteiger partial charge in [0.1, 0.15) is 11.6 Å². The summed E-state index contributed by atoms with van der Waals surface area (Å²) in [5, 5.41) is 10.8. The summed E-state index contributed by atoms with van der Waals surface area (Å²) in [5.74, 6) is 2.40. The minimum absolute atomic E-state index is 0.0461. The van der Waals surface area contributed by atoms with E-state index in [4.69, 9.17) is 20.4 Å². The summed E-state index contributed by atoms with van der Waals surface area (Å²) in [6.45, 7) is 8.87. The molecule has 208 valence electrons. The molecule has 1 aromatic carbocycles. The summed E-state index contributed by atoms with van der Waals surface area (Å²) in [6, 6.07) is 11.8. The maximum Gasteiger partial charge on any atom is 0.239 e. The van der Waals surface area contributed by atoms with Crippen LogP contribution in [-0.4, -0.2) is 84.9 Å². The number of nitrogens with two attached hydrogens (primary N) is 1.